The van der Waals surface area contributed by atoms with Crippen LogP contribution in [0.4, 0.5) is 4.39 Å². The maximum Gasteiger partial charge on any atom is 0.341 e. The molecule has 3 atom stereocenters. The van der Waals surface area contributed by atoms with E-state index in [0.717, 1.165) is 11.1 Å². The molecule has 1 saturated carbocycles. The van der Waals surface area contributed by atoms with Gasteiger partial charge in [0.2, 0.25) is 5.91 Å². The third-order valence-electron chi connectivity index (χ3n) is 6.32. The average Bonchev–Trinajstić information content (AvgIpc) is 3.50. The van der Waals surface area contributed by atoms with Crippen LogP contribution in [0.3, 0.4) is 0 Å². The quantitative estimate of drug-likeness (QED) is 0.545. The van der Waals surface area contributed by atoms with Crippen molar-refractivity contribution in [3.8, 4) is 5.75 Å². The number of nitrogens with zero attached hydrogens (tertiary/aromatic N) is 1. The summed E-state index contributed by atoms with van der Waals surface area (Å²) in [5.74, 6) is -1.54. The van der Waals surface area contributed by atoms with Gasteiger partial charge in [-0.05, 0) is 53.3 Å². The highest BCUT2D eigenvalue weighted by molar-refractivity contribution is 6.30. The van der Waals surface area contributed by atoms with E-state index in [-0.39, 0.29) is 23.6 Å². The molecule has 3 aromatic carbocycles. The first kappa shape index (κ1) is 21.5. The van der Waals surface area contributed by atoms with Gasteiger partial charge in [0.05, 0.1) is 6.04 Å². The van der Waals surface area contributed by atoms with Crippen molar-refractivity contribution in [3.63, 3.8) is 0 Å². The molecule has 0 saturated heterocycles. The summed E-state index contributed by atoms with van der Waals surface area (Å²) in [7, 11) is 0. The molecule has 5 nitrogen and oxygen atoms in total. The molecule has 0 bridgehead atoms. The largest absolute Gasteiger partial charge is 0.482 e. The van der Waals surface area contributed by atoms with Gasteiger partial charge in [-0.25, -0.2) is 9.18 Å². The van der Waals surface area contributed by atoms with Gasteiger partial charge in [-0.15, -0.1) is 0 Å². The van der Waals surface area contributed by atoms with Crippen LogP contribution < -0.4 is 4.74 Å². The molecule has 33 heavy (non-hydrogen) atoms. The first-order valence-electron chi connectivity index (χ1n) is 10.7. The van der Waals surface area contributed by atoms with Crippen molar-refractivity contribution < 1.29 is 23.8 Å². The maximum absolute atomic E-state index is 14.3. The van der Waals surface area contributed by atoms with E-state index < -0.39 is 18.6 Å². The fraction of sp³-hybridized carbons (Fsp3) is 0.231. The smallest absolute Gasteiger partial charge is 0.341 e. The van der Waals surface area contributed by atoms with Gasteiger partial charge in [-0.1, -0.05) is 54.1 Å². The number of rotatable bonds is 6. The Hall–Kier alpha value is -3.38. The first-order valence-corrected chi connectivity index (χ1v) is 11.1. The van der Waals surface area contributed by atoms with Crippen LogP contribution in [0.5, 0.6) is 5.75 Å². The summed E-state index contributed by atoms with van der Waals surface area (Å²) in [6.45, 7) is -0.0972. The Kier molecular flexibility index (Phi) is 5.54. The fourth-order valence-corrected chi connectivity index (χ4v) is 4.91. The molecular weight excluding hydrogens is 445 g/mol. The molecule has 0 aromatic heterocycles. The predicted octanol–water partition coefficient (Wildman–Crippen LogP) is 5.18. The molecule has 0 radical (unpaired) electrons. The Morgan fingerprint density at radius 1 is 1.03 bits per heavy atom. The number of halogens is 2. The molecule has 1 fully saturated rings. The highest BCUT2D eigenvalue weighted by atomic mass is 35.5. The van der Waals surface area contributed by atoms with Crippen molar-refractivity contribution in [2.75, 3.05) is 6.61 Å². The van der Waals surface area contributed by atoms with Crippen LogP contribution in [-0.2, 0) is 16.1 Å². The fourth-order valence-electron chi connectivity index (χ4n) is 4.73. The predicted molar refractivity (Wildman–Crippen MR) is 121 cm³/mol. The number of carbonyl (C=O) groups is 2. The number of carbonyl (C=O) groups excluding carboxylic acids is 1. The molecule has 1 N–H and O–H groups in total. The summed E-state index contributed by atoms with van der Waals surface area (Å²) in [6.07, 6.45) is 0.594. The standard InChI is InChI=1S/C26H21ClFNO4/c27-16-9-10-23(33-14-24(30)31)21(11-16)25-17-6-2-1-5-15(17)13-29(25)26(32)20-12-19(20)18-7-3-4-8-22(18)28/h1-11,19-20,25H,12-14H2,(H,30,31)/t19-,20+,25?/m0/s1. The van der Waals surface area contributed by atoms with E-state index in [0.29, 0.717) is 34.9 Å². The molecule has 2 aliphatic rings. The third kappa shape index (κ3) is 4.07. The molecule has 1 aliphatic heterocycles. The molecule has 5 rings (SSSR count). The SMILES string of the molecule is O=C(O)COc1ccc(Cl)cc1C1c2ccccc2CN1C(=O)[C@@H]1C[C@H]1c1ccccc1F. The second kappa shape index (κ2) is 8.52. The second-order valence-electron chi connectivity index (χ2n) is 8.40. The van der Waals surface area contributed by atoms with Crippen LogP contribution in [0, 0.1) is 11.7 Å². The lowest BCUT2D eigenvalue weighted by molar-refractivity contribution is -0.139. The lowest BCUT2D eigenvalue weighted by Crippen LogP contribution is -2.32. The number of carboxylic acid groups (broad SMARTS) is 1. The molecule has 3 aromatic rings. The Morgan fingerprint density at radius 3 is 2.52 bits per heavy atom. The molecule has 7 heteroatoms. The maximum atomic E-state index is 14.3. The lowest BCUT2D eigenvalue weighted by atomic mass is 9.97. The molecule has 168 valence electrons. The number of hydrogen-bond donors (Lipinski definition) is 1. The zero-order valence-electron chi connectivity index (χ0n) is 17.6. The van der Waals surface area contributed by atoms with Crippen LogP contribution in [0.15, 0.2) is 66.7 Å². The Bertz CT molecular complexity index is 1250. The van der Waals surface area contributed by atoms with Crippen LogP contribution in [0.2, 0.25) is 5.02 Å². The summed E-state index contributed by atoms with van der Waals surface area (Å²) in [5, 5.41) is 9.54. The Labute approximate surface area is 195 Å². The zero-order chi connectivity index (χ0) is 23.1. The van der Waals surface area contributed by atoms with Crippen molar-refractivity contribution in [2.24, 2.45) is 5.92 Å². The van der Waals surface area contributed by atoms with E-state index in [1.165, 1.54) is 6.07 Å². The molecule has 0 spiro atoms. The Balaban J connectivity index is 1.50. The number of benzene rings is 3. The van der Waals surface area contributed by atoms with Crippen molar-refractivity contribution in [2.45, 2.75) is 24.9 Å². The highest BCUT2D eigenvalue weighted by Crippen LogP contribution is 2.52. The monoisotopic (exact) mass is 465 g/mol. The Morgan fingerprint density at radius 2 is 1.76 bits per heavy atom. The summed E-state index contributed by atoms with van der Waals surface area (Å²) in [5.41, 5.74) is 3.14. The minimum Gasteiger partial charge on any atom is -0.482 e. The average molecular weight is 466 g/mol. The van der Waals surface area contributed by atoms with Crippen molar-refractivity contribution in [3.05, 3.63) is 99.8 Å². The summed E-state index contributed by atoms with van der Waals surface area (Å²) >= 11 is 6.29. The van der Waals surface area contributed by atoms with E-state index in [2.05, 4.69) is 0 Å². The van der Waals surface area contributed by atoms with Crippen LogP contribution in [-0.4, -0.2) is 28.5 Å². The van der Waals surface area contributed by atoms with Gasteiger partial charge in [0.25, 0.3) is 0 Å². The van der Waals surface area contributed by atoms with Crippen molar-refractivity contribution in [1.29, 1.82) is 0 Å². The number of hydrogen-bond acceptors (Lipinski definition) is 3. The van der Waals surface area contributed by atoms with E-state index in [1.807, 2.05) is 24.3 Å². The topological polar surface area (TPSA) is 66.8 Å². The number of ether oxygens (including phenoxy) is 1. The van der Waals surface area contributed by atoms with Crippen LogP contribution in [0.25, 0.3) is 0 Å². The molecule has 1 amide bonds. The van der Waals surface area contributed by atoms with Crippen molar-refractivity contribution in [1.82, 2.24) is 4.90 Å². The normalized spacial score (nSPS) is 20.9. The number of carboxylic acids is 1. The highest BCUT2D eigenvalue weighted by Gasteiger charge is 2.49. The van der Waals surface area contributed by atoms with Crippen molar-refractivity contribution >= 4 is 23.5 Å². The molecule has 1 aliphatic carbocycles. The first-order chi connectivity index (χ1) is 15.9. The van der Waals surface area contributed by atoms with Gasteiger partial charge in [-0.3, -0.25) is 4.79 Å². The van der Waals surface area contributed by atoms with E-state index in [1.54, 1.807) is 41.3 Å². The van der Waals surface area contributed by atoms with Gasteiger partial charge in [-0.2, -0.15) is 0 Å². The van der Waals surface area contributed by atoms with E-state index >= 15 is 0 Å². The molecule has 1 unspecified atom stereocenters. The molecule has 1 heterocycles. The lowest BCUT2D eigenvalue weighted by Gasteiger charge is -2.28. The van der Waals surface area contributed by atoms with Gasteiger partial charge >= 0.3 is 5.97 Å². The second-order valence-corrected chi connectivity index (χ2v) is 8.84. The third-order valence-corrected chi connectivity index (χ3v) is 6.55. The summed E-state index contributed by atoms with van der Waals surface area (Å²) in [4.78, 5) is 26.5. The summed E-state index contributed by atoms with van der Waals surface area (Å²) < 4.78 is 19.8. The number of fused-ring (bicyclic) bond motifs is 1. The zero-order valence-corrected chi connectivity index (χ0v) is 18.3. The minimum absolute atomic E-state index is 0.0615. The van der Waals surface area contributed by atoms with E-state index in [4.69, 9.17) is 21.4 Å². The summed E-state index contributed by atoms with van der Waals surface area (Å²) in [6, 6.07) is 18.8. The van der Waals surface area contributed by atoms with Gasteiger partial charge in [0.1, 0.15) is 11.6 Å². The number of aliphatic carboxylic acids is 1. The minimum atomic E-state index is -1.10. The van der Waals surface area contributed by atoms with Gasteiger partial charge in [0.15, 0.2) is 6.61 Å². The van der Waals surface area contributed by atoms with Gasteiger partial charge in [0, 0.05) is 23.0 Å². The van der Waals surface area contributed by atoms with Crippen LogP contribution >= 0.6 is 11.6 Å². The molecular formula is C26H21ClFNO4. The van der Waals surface area contributed by atoms with E-state index in [9.17, 15) is 14.0 Å². The number of amides is 1. The van der Waals surface area contributed by atoms with Crippen LogP contribution in [0.1, 0.15) is 40.6 Å². The van der Waals surface area contributed by atoms with Gasteiger partial charge < -0.3 is 14.7 Å².